The highest BCUT2D eigenvalue weighted by atomic mass is 16.5. The molecule has 0 amide bonds. The molecular weight excluding hydrogens is 226 g/mol. The maximum Gasteiger partial charge on any atom is 0.119 e. The van der Waals surface area contributed by atoms with E-state index in [1.165, 1.54) is 5.56 Å². The van der Waals surface area contributed by atoms with Gasteiger partial charge in [-0.15, -0.1) is 0 Å². The molecule has 0 bridgehead atoms. The summed E-state index contributed by atoms with van der Waals surface area (Å²) in [7, 11) is 0. The zero-order valence-electron chi connectivity index (χ0n) is 10.9. The van der Waals surface area contributed by atoms with Crippen LogP contribution < -0.4 is 10.1 Å². The molecule has 96 valence electrons. The summed E-state index contributed by atoms with van der Waals surface area (Å²) >= 11 is 0. The van der Waals surface area contributed by atoms with E-state index in [-0.39, 0.29) is 0 Å². The minimum absolute atomic E-state index is 0.663. The summed E-state index contributed by atoms with van der Waals surface area (Å²) in [4.78, 5) is 7.32. The molecule has 0 aliphatic carbocycles. The Morgan fingerprint density at radius 3 is 2.94 bits per heavy atom. The first-order valence-electron chi connectivity index (χ1n) is 6.15. The number of H-pyrrole nitrogens is 1. The van der Waals surface area contributed by atoms with E-state index in [1.807, 2.05) is 31.3 Å². The lowest BCUT2D eigenvalue weighted by molar-refractivity contribution is 0.313. The molecule has 0 spiro atoms. The predicted molar refractivity (Wildman–Crippen MR) is 71.7 cm³/mol. The van der Waals surface area contributed by atoms with Gasteiger partial charge in [0.15, 0.2) is 0 Å². The Bertz CT molecular complexity index is 493. The van der Waals surface area contributed by atoms with Crippen molar-refractivity contribution in [1.82, 2.24) is 15.3 Å². The summed E-state index contributed by atoms with van der Waals surface area (Å²) in [6, 6.07) is 8.08. The van der Waals surface area contributed by atoms with Crippen molar-refractivity contribution in [1.29, 1.82) is 0 Å². The van der Waals surface area contributed by atoms with Gasteiger partial charge in [0.05, 0.1) is 0 Å². The van der Waals surface area contributed by atoms with E-state index in [4.69, 9.17) is 4.74 Å². The van der Waals surface area contributed by atoms with Gasteiger partial charge in [-0.3, -0.25) is 0 Å². The number of aryl methyl sites for hydroxylation is 2. The van der Waals surface area contributed by atoms with Gasteiger partial charge in [-0.2, -0.15) is 0 Å². The molecule has 18 heavy (non-hydrogen) atoms. The number of imidazole rings is 1. The molecule has 2 aromatic rings. The van der Waals surface area contributed by atoms with E-state index < -0.39 is 0 Å². The van der Waals surface area contributed by atoms with Crippen LogP contribution in [-0.2, 0) is 6.54 Å². The summed E-state index contributed by atoms with van der Waals surface area (Å²) in [5.41, 5.74) is 2.32. The quantitative estimate of drug-likeness (QED) is 0.767. The van der Waals surface area contributed by atoms with E-state index in [9.17, 15) is 0 Å². The van der Waals surface area contributed by atoms with Crippen LogP contribution in [0.2, 0.25) is 0 Å². The monoisotopic (exact) mass is 245 g/mol. The molecule has 4 nitrogen and oxygen atoms in total. The second kappa shape index (κ2) is 6.21. The Hall–Kier alpha value is -1.81. The van der Waals surface area contributed by atoms with E-state index in [0.717, 1.165) is 30.4 Å². The maximum atomic E-state index is 5.64. The summed E-state index contributed by atoms with van der Waals surface area (Å²) in [6.45, 7) is 6.27. The van der Waals surface area contributed by atoms with Crippen LogP contribution in [0.4, 0.5) is 0 Å². The minimum atomic E-state index is 0.663. The zero-order chi connectivity index (χ0) is 12.8. The third-order valence-corrected chi connectivity index (χ3v) is 2.61. The Kier molecular flexibility index (Phi) is 4.36. The molecule has 0 saturated carbocycles. The normalized spacial score (nSPS) is 10.6. The van der Waals surface area contributed by atoms with Gasteiger partial charge in [-0.25, -0.2) is 4.98 Å². The SMILES string of the molecule is Cc1cccc(OCCNCc2cnc(C)[nH]2)c1. The van der Waals surface area contributed by atoms with Crippen LogP contribution in [0, 0.1) is 13.8 Å². The average Bonchev–Trinajstić information content (AvgIpc) is 2.75. The highest BCUT2D eigenvalue weighted by molar-refractivity contribution is 5.27. The predicted octanol–water partition coefficient (Wildman–Crippen LogP) is 2.20. The fourth-order valence-electron chi connectivity index (χ4n) is 1.73. The van der Waals surface area contributed by atoms with E-state index in [0.29, 0.717) is 6.61 Å². The van der Waals surface area contributed by atoms with Crippen LogP contribution in [0.1, 0.15) is 17.1 Å². The Morgan fingerprint density at radius 2 is 2.22 bits per heavy atom. The van der Waals surface area contributed by atoms with Gasteiger partial charge in [-0.05, 0) is 31.5 Å². The van der Waals surface area contributed by atoms with Crippen LogP contribution in [-0.4, -0.2) is 23.1 Å². The molecule has 1 aromatic heterocycles. The second-order valence-electron chi connectivity index (χ2n) is 4.34. The number of ether oxygens (including phenoxy) is 1. The van der Waals surface area contributed by atoms with E-state index in [1.54, 1.807) is 0 Å². The fraction of sp³-hybridized carbons (Fsp3) is 0.357. The molecule has 0 fully saturated rings. The zero-order valence-corrected chi connectivity index (χ0v) is 10.9. The van der Waals surface area contributed by atoms with Crippen LogP contribution >= 0.6 is 0 Å². The Labute approximate surface area is 107 Å². The van der Waals surface area contributed by atoms with Crippen molar-refractivity contribution in [3.63, 3.8) is 0 Å². The number of hydrogen-bond acceptors (Lipinski definition) is 3. The molecule has 2 rings (SSSR count). The van der Waals surface area contributed by atoms with Crippen molar-refractivity contribution in [2.75, 3.05) is 13.2 Å². The summed E-state index contributed by atoms with van der Waals surface area (Å²) in [6.07, 6.45) is 1.85. The van der Waals surface area contributed by atoms with Gasteiger partial charge in [0, 0.05) is 25.0 Å². The van der Waals surface area contributed by atoms with Crippen molar-refractivity contribution in [3.05, 3.63) is 47.5 Å². The van der Waals surface area contributed by atoms with E-state index in [2.05, 4.69) is 28.3 Å². The molecule has 4 heteroatoms. The smallest absolute Gasteiger partial charge is 0.119 e. The minimum Gasteiger partial charge on any atom is -0.492 e. The molecule has 0 radical (unpaired) electrons. The molecule has 0 saturated heterocycles. The topological polar surface area (TPSA) is 49.9 Å². The highest BCUT2D eigenvalue weighted by Crippen LogP contribution is 2.11. The maximum absolute atomic E-state index is 5.64. The van der Waals surface area contributed by atoms with Gasteiger partial charge in [0.2, 0.25) is 0 Å². The number of aromatic nitrogens is 2. The summed E-state index contributed by atoms with van der Waals surface area (Å²) in [5, 5.41) is 3.30. The molecule has 0 aliphatic rings. The molecule has 0 aliphatic heterocycles. The Balaban J connectivity index is 1.64. The number of rotatable bonds is 6. The van der Waals surface area contributed by atoms with Crippen molar-refractivity contribution in [2.24, 2.45) is 0 Å². The van der Waals surface area contributed by atoms with Crippen molar-refractivity contribution < 1.29 is 4.74 Å². The van der Waals surface area contributed by atoms with Crippen molar-refractivity contribution in [2.45, 2.75) is 20.4 Å². The van der Waals surface area contributed by atoms with Gasteiger partial charge in [-0.1, -0.05) is 12.1 Å². The second-order valence-corrected chi connectivity index (χ2v) is 4.34. The Morgan fingerprint density at radius 1 is 1.33 bits per heavy atom. The van der Waals surface area contributed by atoms with Crippen LogP contribution in [0.3, 0.4) is 0 Å². The summed E-state index contributed by atoms with van der Waals surface area (Å²) in [5.74, 6) is 1.87. The van der Waals surface area contributed by atoms with Gasteiger partial charge in [0.25, 0.3) is 0 Å². The lowest BCUT2D eigenvalue weighted by atomic mass is 10.2. The molecule has 0 atom stereocenters. The lowest BCUT2D eigenvalue weighted by Crippen LogP contribution is -2.20. The van der Waals surface area contributed by atoms with Gasteiger partial charge in [0.1, 0.15) is 18.2 Å². The molecule has 1 heterocycles. The number of nitrogens with one attached hydrogen (secondary N) is 2. The molecule has 1 aromatic carbocycles. The largest absolute Gasteiger partial charge is 0.492 e. The first kappa shape index (κ1) is 12.6. The van der Waals surface area contributed by atoms with Gasteiger partial charge < -0.3 is 15.0 Å². The van der Waals surface area contributed by atoms with Gasteiger partial charge >= 0.3 is 0 Å². The highest BCUT2D eigenvalue weighted by Gasteiger charge is 1.97. The van der Waals surface area contributed by atoms with E-state index >= 15 is 0 Å². The number of hydrogen-bond donors (Lipinski definition) is 2. The third kappa shape index (κ3) is 3.89. The molecular formula is C14H19N3O. The number of aromatic amines is 1. The summed E-state index contributed by atoms with van der Waals surface area (Å²) < 4.78 is 5.64. The average molecular weight is 245 g/mol. The number of nitrogens with zero attached hydrogens (tertiary/aromatic N) is 1. The van der Waals surface area contributed by atoms with Crippen LogP contribution in [0.5, 0.6) is 5.75 Å². The standard InChI is InChI=1S/C14H19N3O/c1-11-4-3-5-14(8-11)18-7-6-15-9-13-10-16-12(2)17-13/h3-5,8,10,15H,6-7,9H2,1-2H3,(H,16,17). The van der Waals surface area contributed by atoms with Crippen LogP contribution in [0.25, 0.3) is 0 Å². The molecule has 2 N–H and O–H groups in total. The first-order valence-corrected chi connectivity index (χ1v) is 6.15. The third-order valence-electron chi connectivity index (χ3n) is 2.61. The fourth-order valence-corrected chi connectivity index (χ4v) is 1.73. The van der Waals surface area contributed by atoms with Crippen molar-refractivity contribution in [3.8, 4) is 5.75 Å². The van der Waals surface area contributed by atoms with Crippen molar-refractivity contribution >= 4 is 0 Å². The lowest BCUT2D eigenvalue weighted by Gasteiger charge is -2.07. The van der Waals surface area contributed by atoms with Crippen LogP contribution in [0.15, 0.2) is 30.5 Å². The first-order chi connectivity index (χ1) is 8.74. The number of benzene rings is 1. The molecule has 0 unspecified atom stereocenters.